The molecule has 1 N–H and O–H groups in total. The fourth-order valence-electron chi connectivity index (χ4n) is 5.76. The van der Waals surface area contributed by atoms with Crippen LogP contribution in [0.4, 0.5) is 0 Å². The predicted molar refractivity (Wildman–Crippen MR) is 141 cm³/mol. The van der Waals surface area contributed by atoms with E-state index in [1.165, 1.54) is 22.7 Å². The van der Waals surface area contributed by atoms with Crippen LogP contribution in [0.5, 0.6) is 5.75 Å². The molecule has 1 aliphatic heterocycles. The van der Waals surface area contributed by atoms with E-state index in [9.17, 15) is 18.3 Å². The van der Waals surface area contributed by atoms with E-state index in [1.807, 2.05) is 26.1 Å². The van der Waals surface area contributed by atoms with E-state index in [2.05, 4.69) is 6.08 Å². The Morgan fingerprint density at radius 2 is 1.94 bits per heavy atom. The number of hydrogen-bond donors (Lipinski definition) is 1. The van der Waals surface area contributed by atoms with Crippen molar-refractivity contribution in [3.8, 4) is 5.75 Å². The Hall–Kier alpha value is -1.90. The molecule has 1 fully saturated rings. The largest absolute Gasteiger partial charge is 0.487 e. The van der Waals surface area contributed by atoms with Gasteiger partial charge in [-0.3, -0.25) is 4.79 Å². The highest BCUT2D eigenvalue weighted by molar-refractivity contribution is 7.89. The number of aliphatic hydroxyl groups is 1. The number of carbonyl (C=O) groups is 1. The van der Waals surface area contributed by atoms with Crippen LogP contribution in [0.3, 0.4) is 0 Å². The summed E-state index contributed by atoms with van der Waals surface area (Å²) in [6, 6.07) is 4.82. The summed E-state index contributed by atoms with van der Waals surface area (Å²) in [4.78, 5) is 15.1. The number of fused-ring (bicyclic) bond motifs is 1. The van der Waals surface area contributed by atoms with Gasteiger partial charge in [0, 0.05) is 31.5 Å². The number of benzene rings is 1. The number of rotatable bonds is 6. The second kappa shape index (κ2) is 11.7. The number of ether oxygens (including phenoxy) is 1. The molecule has 3 atom stereocenters. The molecular formula is C28H42N2O5S. The van der Waals surface area contributed by atoms with Crippen LogP contribution in [0.1, 0.15) is 77.2 Å². The lowest BCUT2D eigenvalue weighted by atomic mass is 9.88. The topological polar surface area (TPSA) is 87.2 Å². The maximum Gasteiger partial charge on any atom is 0.247 e. The summed E-state index contributed by atoms with van der Waals surface area (Å²) in [6.45, 7) is 4.03. The zero-order chi connectivity index (χ0) is 25.9. The van der Waals surface area contributed by atoms with Crippen molar-refractivity contribution in [1.82, 2.24) is 9.21 Å². The third-order valence-corrected chi connectivity index (χ3v) is 10.1. The van der Waals surface area contributed by atoms with E-state index >= 15 is 0 Å². The average molecular weight is 519 g/mol. The van der Waals surface area contributed by atoms with Gasteiger partial charge in [0.15, 0.2) is 0 Å². The quantitative estimate of drug-likeness (QED) is 0.601. The first-order chi connectivity index (χ1) is 17.2. The molecule has 3 aliphatic rings. The molecule has 0 aromatic heterocycles. The van der Waals surface area contributed by atoms with Crippen LogP contribution < -0.4 is 4.74 Å². The Morgan fingerprint density at radius 3 is 2.61 bits per heavy atom. The van der Waals surface area contributed by atoms with Crippen molar-refractivity contribution < 1.29 is 23.1 Å². The van der Waals surface area contributed by atoms with E-state index in [1.54, 1.807) is 17.9 Å². The van der Waals surface area contributed by atoms with Crippen LogP contribution in [0.2, 0.25) is 0 Å². The standard InChI is InChI=1S/C28H42N2O5S/c1-20-17-30(21(2)19-31)36(33,34)27-15-14-24(22-10-6-4-7-11-22)16-25(27)35-26(20)18-29(3)28(32)23-12-8-5-9-13-23/h10,14-16,20-21,23,26,31H,4-9,11-13,17-19H2,1-3H3/t20-,21-,26+/m1/s1. The number of carbonyl (C=O) groups excluding carboxylic acids is 1. The van der Waals surface area contributed by atoms with Crippen molar-refractivity contribution >= 4 is 21.5 Å². The third kappa shape index (κ3) is 5.81. The van der Waals surface area contributed by atoms with Gasteiger partial charge in [-0.15, -0.1) is 0 Å². The predicted octanol–water partition coefficient (Wildman–Crippen LogP) is 4.45. The van der Waals surface area contributed by atoms with Crippen LogP contribution >= 0.6 is 0 Å². The van der Waals surface area contributed by atoms with Gasteiger partial charge in [-0.2, -0.15) is 4.31 Å². The van der Waals surface area contributed by atoms with E-state index in [-0.39, 0.29) is 41.9 Å². The summed E-state index contributed by atoms with van der Waals surface area (Å²) >= 11 is 0. The molecule has 0 unspecified atom stereocenters. The van der Waals surface area contributed by atoms with Gasteiger partial charge in [0.2, 0.25) is 15.9 Å². The van der Waals surface area contributed by atoms with E-state index in [0.717, 1.165) is 50.5 Å². The highest BCUT2D eigenvalue weighted by atomic mass is 32.2. The zero-order valence-corrected chi connectivity index (χ0v) is 22.8. The molecular weight excluding hydrogens is 476 g/mol. The van der Waals surface area contributed by atoms with Crippen molar-refractivity contribution in [2.45, 2.75) is 88.7 Å². The number of hydrogen-bond acceptors (Lipinski definition) is 5. The van der Waals surface area contributed by atoms with Crippen molar-refractivity contribution in [3.05, 3.63) is 29.8 Å². The Balaban J connectivity index is 1.68. The van der Waals surface area contributed by atoms with Gasteiger partial charge in [0.05, 0.1) is 13.2 Å². The number of aliphatic hydroxyl groups excluding tert-OH is 1. The summed E-state index contributed by atoms with van der Waals surface area (Å²) in [6.07, 6.45) is 11.4. The van der Waals surface area contributed by atoms with Gasteiger partial charge in [-0.1, -0.05) is 38.3 Å². The van der Waals surface area contributed by atoms with Crippen molar-refractivity contribution in [3.63, 3.8) is 0 Å². The second-order valence-corrected chi connectivity index (χ2v) is 12.8. The molecule has 200 valence electrons. The number of amides is 1. The fourth-order valence-corrected chi connectivity index (χ4v) is 7.59. The first-order valence-corrected chi connectivity index (χ1v) is 15.0. The second-order valence-electron chi connectivity index (χ2n) is 10.9. The van der Waals surface area contributed by atoms with Crippen LogP contribution in [-0.2, 0) is 14.8 Å². The summed E-state index contributed by atoms with van der Waals surface area (Å²) < 4.78 is 35.3. The highest BCUT2D eigenvalue weighted by Gasteiger charge is 2.39. The normalized spacial score (nSPS) is 26.1. The lowest BCUT2D eigenvalue weighted by Crippen LogP contribution is -2.50. The maximum absolute atomic E-state index is 13.7. The van der Waals surface area contributed by atoms with Crippen LogP contribution in [0.15, 0.2) is 29.2 Å². The molecule has 1 saturated carbocycles. The maximum atomic E-state index is 13.7. The molecule has 1 heterocycles. The average Bonchev–Trinajstić information content (AvgIpc) is 2.90. The van der Waals surface area contributed by atoms with E-state index < -0.39 is 16.1 Å². The number of allylic oxidation sites excluding steroid dienone is 2. The smallest absolute Gasteiger partial charge is 0.247 e. The third-order valence-electron chi connectivity index (χ3n) is 8.11. The number of nitrogens with zero attached hydrogens (tertiary/aromatic N) is 2. The molecule has 1 aromatic carbocycles. The molecule has 8 heteroatoms. The van der Waals surface area contributed by atoms with Gasteiger partial charge in [-0.25, -0.2) is 8.42 Å². The minimum Gasteiger partial charge on any atom is -0.487 e. The minimum atomic E-state index is -3.87. The summed E-state index contributed by atoms with van der Waals surface area (Å²) in [5.74, 6) is 0.378. The number of likely N-dealkylation sites (N-methyl/N-ethyl adjacent to an activating group) is 1. The lowest BCUT2D eigenvalue weighted by Gasteiger charge is -2.38. The van der Waals surface area contributed by atoms with Crippen molar-refractivity contribution in [2.24, 2.45) is 11.8 Å². The Kier molecular flexibility index (Phi) is 8.79. The fraction of sp³-hybridized carbons (Fsp3) is 0.679. The highest BCUT2D eigenvalue weighted by Crippen LogP contribution is 2.37. The molecule has 36 heavy (non-hydrogen) atoms. The first kappa shape index (κ1) is 27.1. The van der Waals surface area contributed by atoms with Crippen LogP contribution in [-0.4, -0.2) is 67.5 Å². The first-order valence-electron chi connectivity index (χ1n) is 13.6. The molecule has 0 spiro atoms. The molecule has 1 aromatic rings. The SMILES string of the molecule is C[C@@H]1CN([C@H](C)CO)S(=O)(=O)c2ccc(C3=CCCCC3)cc2O[C@H]1CN(C)C(=O)C1CCCCC1. The zero-order valence-electron chi connectivity index (χ0n) is 22.0. The summed E-state index contributed by atoms with van der Waals surface area (Å²) in [5, 5.41) is 9.86. The Morgan fingerprint density at radius 1 is 1.19 bits per heavy atom. The molecule has 0 radical (unpaired) electrons. The molecule has 4 rings (SSSR count). The minimum absolute atomic E-state index is 0.0658. The van der Waals surface area contributed by atoms with Gasteiger partial charge in [-0.05, 0) is 68.7 Å². The Bertz CT molecular complexity index is 1060. The van der Waals surface area contributed by atoms with Gasteiger partial charge in [0.1, 0.15) is 16.7 Å². The molecule has 7 nitrogen and oxygen atoms in total. The van der Waals surface area contributed by atoms with E-state index in [0.29, 0.717) is 12.3 Å². The number of sulfonamides is 1. The Labute approximate surface area is 216 Å². The van der Waals surface area contributed by atoms with Gasteiger partial charge < -0.3 is 14.7 Å². The molecule has 2 aliphatic carbocycles. The van der Waals surface area contributed by atoms with Crippen LogP contribution in [0, 0.1) is 11.8 Å². The summed E-state index contributed by atoms with van der Waals surface area (Å²) in [5.41, 5.74) is 2.21. The van der Waals surface area contributed by atoms with E-state index in [4.69, 9.17) is 4.74 Å². The van der Waals surface area contributed by atoms with Crippen molar-refractivity contribution in [2.75, 3.05) is 26.7 Å². The van der Waals surface area contributed by atoms with Gasteiger partial charge >= 0.3 is 0 Å². The molecule has 0 bridgehead atoms. The molecule has 0 saturated heterocycles. The molecule has 1 amide bonds. The van der Waals surface area contributed by atoms with Crippen LogP contribution in [0.25, 0.3) is 5.57 Å². The van der Waals surface area contributed by atoms with Gasteiger partial charge in [0.25, 0.3) is 0 Å². The monoisotopic (exact) mass is 518 g/mol. The lowest BCUT2D eigenvalue weighted by molar-refractivity contribution is -0.136. The summed E-state index contributed by atoms with van der Waals surface area (Å²) in [7, 11) is -2.04. The van der Waals surface area contributed by atoms with Crippen molar-refractivity contribution in [1.29, 1.82) is 0 Å².